The zero-order chi connectivity index (χ0) is 18.9. The van der Waals surface area contributed by atoms with Gasteiger partial charge in [0.25, 0.3) is 5.91 Å². The van der Waals surface area contributed by atoms with Crippen LogP contribution in [0.1, 0.15) is 18.9 Å². The van der Waals surface area contributed by atoms with Gasteiger partial charge >= 0.3 is 0 Å². The summed E-state index contributed by atoms with van der Waals surface area (Å²) in [5, 5.41) is 23.1. The second-order valence-electron chi connectivity index (χ2n) is 5.55. The standard InChI is InChI=1S/C19H19N3O4/c1-13(26-17-8-6-16(23)7-9-17)19(25)21-12-14-2-4-15(5-3-14)22-18(24)10-11-20/h2-9,13,23H,10,12H2,1H3,(H,21,25)(H,22,24). The first-order valence-electron chi connectivity index (χ1n) is 7.97. The molecule has 7 nitrogen and oxygen atoms in total. The fourth-order valence-corrected chi connectivity index (χ4v) is 2.10. The van der Waals surface area contributed by atoms with Crippen molar-refractivity contribution in [3.63, 3.8) is 0 Å². The van der Waals surface area contributed by atoms with Gasteiger partial charge in [-0.25, -0.2) is 0 Å². The van der Waals surface area contributed by atoms with Gasteiger partial charge in [0.05, 0.1) is 6.07 Å². The van der Waals surface area contributed by atoms with Crippen LogP contribution in [0.15, 0.2) is 48.5 Å². The molecule has 0 aromatic heterocycles. The Morgan fingerprint density at radius 2 is 1.81 bits per heavy atom. The predicted molar refractivity (Wildman–Crippen MR) is 95.3 cm³/mol. The minimum Gasteiger partial charge on any atom is -0.508 e. The third kappa shape index (κ3) is 5.83. The molecular formula is C19H19N3O4. The minimum absolute atomic E-state index is 0.127. The first kappa shape index (κ1) is 18.8. The van der Waals surface area contributed by atoms with Crippen molar-refractivity contribution in [3.05, 3.63) is 54.1 Å². The Balaban J connectivity index is 1.81. The smallest absolute Gasteiger partial charge is 0.261 e. The Morgan fingerprint density at radius 1 is 1.15 bits per heavy atom. The van der Waals surface area contributed by atoms with Crippen molar-refractivity contribution >= 4 is 17.5 Å². The summed E-state index contributed by atoms with van der Waals surface area (Å²) in [4.78, 5) is 23.4. The number of nitrogens with zero attached hydrogens (tertiary/aromatic N) is 1. The van der Waals surface area contributed by atoms with E-state index in [-0.39, 0.29) is 24.0 Å². The Hall–Kier alpha value is -3.53. The van der Waals surface area contributed by atoms with Gasteiger partial charge in [-0.15, -0.1) is 0 Å². The summed E-state index contributed by atoms with van der Waals surface area (Å²) >= 11 is 0. The fourth-order valence-electron chi connectivity index (χ4n) is 2.10. The Kier molecular flexibility index (Phi) is 6.57. The second kappa shape index (κ2) is 9.08. The molecule has 0 aliphatic heterocycles. The summed E-state index contributed by atoms with van der Waals surface area (Å²) in [5.41, 5.74) is 1.44. The van der Waals surface area contributed by atoms with Crippen LogP contribution < -0.4 is 15.4 Å². The van der Waals surface area contributed by atoms with Crippen LogP contribution in [0.3, 0.4) is 0 Å². The summed E-state index contributed by atoms with van der Waals surface area (Å²) in [7, 11) is 0. The molecule has 2 amide bonds. The quantitative estimate of drug-likeness (QED) is 0.707. The summed E-state index contributed by atoms with van der Waals surface area (Å²) in [5.74, 6) is -0.0251. The van der Waals surface area contributed by atoms with Gasteiger partial charge in [-0.2, -0.15) is 5.26 Å². The summed E-state index contributed by atoms with van der Waals surface area (Å²) in [6.07, 6.45) is -0.888. The lowest BCUT2D eigenvalue weighted by molar-refractivity contribution is -0.127. The van der Waals surface area contributed by atoms with Crippen molar-refractivity contribution in [2.75, 3.05) is 5.32 Å². The number of phenolic OH excluding ortho intramolecular Hbond substituents is 1. The van der Waals surface area contributed by atoms with E-state index in [1.54, 1.807) is 49.4 Å². The molecule has 3 N–H and O–H groups in total. The number of nitriles is 1. The van der Waals surface area contributed by atoms with E-state index in [0.29, 0.717) is 18.0 Å². The normalized spacial score (nSPS) is 11.1. The third-order valence-corrected chi connectivity index (χ3v) is 3.46. The number of rotatable bonds is 7. The maximum Gasteiger partial charge on any atom is 0.261 e. The highest BCUT2D eigenvalue weighted by Crippen LogP contribution is 2.17. The lowest BCUT2D eigenvalue weighted by Gasteiger charge is -2.15. The van der Waals surface area contributed by atoms with Crippen LogP contribution in [0, 0.1) is 11.3 Å². The van der Waals surface area contributed by atoms with E-state index in [9.17, 15) is 14.7 Å². The molecule has 7 heteroatoms. The van der Waals surface area contributed by atoms with Crippen LogP contribution in [0.25, 0.3) is 0 Å². The highest BCUT2D eigenvalue weighted by molar-refractivity contribution is 5.92. The molecule has 1 atom stereocenters. The van der Waals surface area contributed by atoms with Gasteiger partial charge < -0.3 is 20.5 Å². The largest absolute Gasteiger partial charge is 0.508 e. The zero-order valence-corrected chi connectivity index (χ0v) is 14.2. The van der Waals surface area contributed by atoms with Crippen molar-refractivity contribution in [3.8, 4) is 17.6 Å². The van der Waals surface area contributed by atoms with Crippen LogP contribution in [-0.2, 0) is 16.1 Å². The molecule has 2 aromatic rings. The van der Waals surface area contributed by atoms with Crippen LogP contribution in [0.4, 0.5) is 5.69 Å². The van der Waals surface area contributed by atoms with Crippen LogP contribution in [-0.4, -0.2) is 23.0 Å². The molecule has 2 aromatic carbocycles. The average molecular weight is 353 g/mol. The number of aromatic hydroxyl groups is 1. The molecule has 26 heavy (non-hydrogen) atoms. The number of anilines is 1. The van der Waals surface area contributed by atoms with Gasteiger partial charge in [0.2, 0.25) is 5.91 Å². The van der Waals surface area contributed by atoms with Crippen LogP contribution in [0.5, 0.6) is 11.5 Å². The van der Waals surface area contributed by atoms with E-state index in [1.807, 2.05) is 0 Å². The number of ether oxygens (including phenoxy) is 1. The Bertz CT molecular complexity index is 795. The summed E-state index contributed by atoms with van der Waals surface area (Å²) in [6.45, 7) is 1.95. The molecule has 0 aliphatic rings. The number of amides is 2. The first-order valence-corrected chi connectivity index (χ1v) is 7.97. The zero-order valence-electron chi connectivity index (χ0n) is 14.2. The molecule has 0 saturated heterocycles. The molecule has 0 aliphatic carbocycles. The van der Waals surface area contributed by atoms with Crippen molar-refractivity contribution < 1.29 is 19.4 Å². The maximum absolute atomic E-state index is 12.1. The number of benzene rings is 2. The molecule has 134 valence electrons. The Labute approximate surface area is 151 Å². The van der Waals surface area contributed by atoms with E-state index < -0.39 is 6.10 Å². The molecule has 2 rings (SSSR count). The highest BCUT2D eigenvalue weighted by Gasteiger charge is 2.14. The summed E-state index contributed by atoms with van der Waals surface area (Å²) < 4.78 is 5.51. The van der Waals surface area contributed by atoms with Crippen LogP contribution >= 0.6 is 0 Å². The van der Waals surface area contributed by atoms with Gasteiger partial charge in [0, 0.05) is 12.2 Å². The van der Waals surface area contributed by atoms with Gasteiger partial charge in [0.1, 0.15) is 17.9 Å². The van der Waals surface area contributed by atoms with Gasteiger partial charge in [-0.1, -0.05) is 12.1 Å². The van der Waals surface area contributed by atoms with Crippen molar-refractivity contribution in [1.82, 2.24) is 5.32 Å². The number of hydrogen-bond acceptors (Lipinski definition) is 5. The lowest BCUT2D eigenvalue weighted by Crippen LogP contribution is -2.35. The van der Waals surface area contributed by atoms with Crippen molar-refractivity contribution in [2.45, 2.75) is 26.0 Å². The molecule has 0 fully saturated rings. The molecule has 0 saturated carbocycles. The molecular weight excluding hydrogens is 334 g/mol. The van der Waals surface area contributed by atoms with E-state index in [0.717, 1.165) is 5.56 Å². The lowest BCUT2D eigenvalue weighted by atomic mass is 10.2. The average Bonchev–Trinajstić information content (AvgIpc) is 2.63. The topological polar surface area (TPSA) is 111 Å². The third-order valence-electron chi connectivity index (χ3n) is 3.46. The van der Waals surface area contributed by atoms with E-state index in [1.165, 1.54) is 12.1 Å². The molecule has 0 bridgehead atoms. The predicted octanol–water partition coefficient (Wildman–Crippen LogP) is 2.33. The molecule has 0 radical (unpaired) electrons. The summed E-state index contributed by atoms with van der Waals surface area (Å²) in [6, 6.07) is 14.9. The number of carbonyl (C=O) groups excluding carboxylic acids is 2. The van der Waals surface area contributed by atoms with Gasteiger partial charge in [-0.3, -0.25) is 9.59 Å². The van der Waals surface area contributed by atoms with Gasteiger partial charge in [0.15, 0.2) is 6.10 Å². The van der Waals surface area contributed by atoms with Crippen LogP contribution in [0.2, 0.25) is 0 Å². The van der Waals surface area contributed by atoms with Crippen molar-refractivity contribution in [1.29, 1.82) is 5.26 Å². The molecule has 0 heterocycles. The molecule has 1 unspecified atom stereocenters. The molecule has 0 spiro atoms. The minimum atomic E-state index is -0.691. The van der Waals surface area contributed by atoms with E-state index in [4.69, 9.17) is 10.00 Å². The number of carbonyl (C=O) groups is 2. The van der Waals surface area contributed by atoms with E-state index in [2.05, 4.69) is 10.6 Å². The number of hydrogen-bond donors (Lipinski definition) is 3. The van der Waals surface area contributed by atoms with E-state index >= 15 is 0 Å². The fraction of sp³-hybridized carbons (Fsp3) is 0.211. The second-order valence-corrected chi connectivity index (χ2v) is 5.55. The Morgan fingerprint density at radius 3 is 2.42 bits per heavy atom. The maximum atomic E-state index is 12.1. The number of nitrogens with one attached hydrogen (secondary N) is 2. The number of phenols is 1. The van der Waals surface area contributed by atoms with Crippen molar-refractivity contribution in [2.24, 2.45) is 0 Å². The highest BCUT2D eigenvalue weighted by atomic mass is 16.5. The SMILES string of the molecule is CC(Oc1ccc(O)cc1)C(=O)NCc1ccc(NC(=O)CC#N)cc1. The van der Waals surface area contributed by atoms with Gasteiger partial charge in [-0.05, 0) is 48.9 Å². The monoisotopic (exact) mass is 353 g/mol. The first-order chi connectivity index (χ1) is 12.5.